The lowest BCUT2D eigenvalue weighted by molar-refractivity contribution is 0.627. The first kappa shape index (κ1) is 13.9. The first-order valence-electron chi connectivity index (χ1n) is 7.30. The molecule has 2 heterocycles. The molecule has 0 fully saturated rings. The van der Waals surface area contributed by atoms with E-state index in [4.69, 9.17) is 5.73 Å². The maximum absolute atomic E-state index is 13.4. The van der Waals surface area contributed by atoms with Gasteiger partial charge in [0.05, 0.1) is 5.69 Å². The zero-order valence-electron chi connectivity index (χ0n) is 12.1. The van der Waals surface area contributed by atoms with Crippen LogP contribution in [0.2, 0.25) is 0 Å². The Morgan fingerprint density at radius 2 is 2.10 bits per heavy atom. The highest BCUT2D eigenvalue weighted by Gasteiger charge is 2.22. The van der Waals surface area contributed by atoms with Gasteiger partial charge in [-0.15, -0.1) is 0 Å². The van der Waals surface area contributed by atoms with Gasteiger partial charge in [0.1, 0.15) is 5.82 Å². The van der Waals surface area contributed by atoms with Crippen LogP contribution >= 0.6 is 0 Å². The molecule has 0 amide bonds. The molecule has 1 aromatic heterocycles. The third-order valence-electron chi connectivity index (χ3n) is 3.90. The van der Waals surface area contributed by atoms with Crippen molar-refractivity contribution in [2.24, 2.45) is 5.73 Å². The fourth-order valence-electron chi connectivity index (χ4n) is 2.60. The number of benzene rings is 1. The van der Waals surface area contributed by atoms with Gasteiger partial charge in [0.15, 0.2) is 0 Å². The molecule has 3 rings (SSSR count). The fourth-order valence-corrected chi connectivity index (χ4v) is 2.60. The van der Waals surface area contributed by atoms with Crippen LogP contribution in [0.3, 0.4) is 0 Å². The number of nitrogens with two attached hydrogens (primary N) is 1. The highest BCUT2D eigenvalue weighted by atomic mass is 19.1. The van der Waals surface area contributed by atoms with E-state index in [1.807, 2.05) is 23.4 Å². The molecule has 2 N–H and O–H groups in total. The summed E-state index contributed by atoms with van der Waals surface area (Å²) in [5.41, 5.74) is 8.98. The molecule has 1 aliphatic rings. The summed E-state index contributed by atoms with van der Waals surface area (Å²) in [6, 6.07) is 5.02. The maximum Gasteiger partial charge on any atom is 0.229 e. The summed E-state index contributed by atoms with van der Waals surface area (Å²) in [5.74, 6) is 0.388. The van der Waals surface area contributed by atoms with Gasteiger partial charge in [0.25, 0.3) is 0 Å². The highest BCUT2D eigenvalue weighted by molar-refractivity contribution is 5.65. The fraction of sp³-hybridized carbons (Fsp3) is 0.375. The number of aromatic nitrogens is 2. The highest BCUT2D eigenvalue weighted by Crippen LogP contribution is 2.32. The summed E-state index contributed by atoms with van der Waals surface area (Å²) in [6.07, 6.45) is 6.23. The van der Waals surface area contributed by atoms with E-state index in [0.717, 1.165) is 42.6 Å². The zero-order chi connectivity index (χ0) is 14.8. The van der Waals surface area contributed by atoms with Crippen LogP contribution in [0.4, 0.5) is 16.0 Å². The van der Waals surface area contributed by atoms with Crippen LogP contribution in [0.25, 0.3) is 0 Å². The Morgan fingerprint density at radius 1 is 1.33 bits per heavy atom. The first-order valence-corrected chi connectivity index (χ1v) is 7.30. The molecule has 0 aliphatic carbocycles. The molecular weight excluding hydrogens is 267 g/mol. The summed E-state index contributed by atoms with van der Waals surface area (Å²) >= 11 is 0. The van der Waals surface area contributed by atoms with E-state index in [2.05, 4.69) is 16.9 Å². The van der Waals surface area contributed by atoms with Crippen LogP contribution < -0.4 is 10.6 Å². The molecular formula is C16H19FN4. The molecule has 2 aromatic rings. The average Bonchev–Trinajstić information content (AvgIpc) is 2.91. The standard InChI is InChI=1S/C16H19FN4/c1-2-14(18)7-11-9-19-16(20-10-11)21-6-5-12-3-4-13(17)8-15(12)21/h3-4,8-10,14H,2,5-7,18H2,1H3. The maximum atomic E-state index is 13.4. The number of fused-ring (bicyclic) bond motifs is 1. The summed E-state index contributed by atoms with van der Waals surface area (Å²) in [6.45, 7) is 2.85. The van der Waals surface area contributed by atoms with Gasteiger partial charge >= 0.3 is 0 Å². The van der Waals surface area contributed by atoms with Gasteiger partial charge in [-0.3, -0.25) is 0 Å². The predicted molar refractivity (Wildman–Crippen MR) is 81.1 cm³/mol. The Hall–Kier alpha value is -2.01. The van der Waals surface area contributed by atoms with Gasteiger partial charge in [0.2, 0.25) is 5.95 Å². The summed E-state index contributed by atoms with van der Waals surface area (Å²) < 4.78 is 13.4. The molecule has 1 aromatic carbocycles. The lowest BCUT2D eigenvalue weighted by atomic mass is 10.1. The second kappa shape index (κ2) is 5.77. The molecule has 1 unspecified atom stereocenters. The topological polar surface area (TPSA) is 55.0 Å². The molecule has 0 spiro atoms. The smallest absolute Gasteiger partial charge is 0.229 e. The lowest BCUT2D eigenvalue weighted by Crippen LogP contribution is -2.22. The molecule has 0 bridgehead atoms. The molecule has 21 heavy (non-hydrogen) atoms. The second-order valence-corrected chi connectivity index (χ2v) is 5.44. The van der Waals surface area contributed by atoms with Crippen LogP contribution in [0.15, 0.2) is 30.6 Å². The van der Waals surface area contributed by atoms with Crippen molar-refractivity contribution in [2.75, 3.05) is 11.4 Å². The van der Waals surface area contributed by atoms with Crippen molar-refractivity contribution < 1.29 is 4.39 Å². The van der Waals surface area contributed by atoms with E-state index in [1.54, 1.807) is 6.07 Å². The summed E-state index contributed by atoms with van der Waals surface area (Å²) in [5, 5.41) is 0. The largest absolute Gasteiger partial charge is 0.327 e. The Labute approximate surface area is 123 Å². The van der Waals surface area contributed by atoms with Crippen LogP contribution in [0.1, 0.15) is 24.5 Å². The van der Waals surface area contributed by atoms with E-state index in [1.165, 1.54) is 6.07 Å². The molecule has 0 radical (unpaired) electrons. The minimum absolute atomic E-state index is 0.140. The quantitative estimate of drug-likeness (QED) is 0.938. The van der Waals surface area contributed by atoms with E-state index >= 15 is 0 Å². The van der Waals surface area contributed by atoms with E-state index in [9.17, 15) is 4.39 Å². The number of hydrogen-bond donors (Lipinski definition) is 1. The van der Waals surface area contributed by atoms with Crippen molar-refractivity contribution >= 4 is 11.6 Å². The van der Waals surface area contributed by atoms with Crippen molar-refractivity contribution in [2.45, 2.75) is 32.2 Å². The molecule has 1 atom stereocenters. The van der Waals surface area contributed by atoms with Gasteiger partial charge in [-0.25, -0.2) is 14.4 Å². The van der Waals surface area contributed by atoms with Crippen LogP contribution in [0, 0.1) is 5.82 Å². The zero-order valence-corrected chi connectivity index (χ0v) is 12.1. The van der Waals surface area contributed by atoms with Crippen LogP contribution in [-0.4, -0.2) is 22.6 Å². The average molecular weight is 286 g/mol. The van der Waals surface area contributed by atoms with Crippen molar-refractivity contribution in [1.82, 2.24) is 9.97 Å². The normalized spacial score (nSPS) is 15.1. The molecule has 5 heteroatoms. The van der Waals surface area contributed by atoms with Gasteiger partial charge in [0, 0.05) is 25.0 Å². The number of nitrogens with zero attached hydrogens (tertiary/aromatic N) is 3. The third-order valence-corrected chi connectivity index (χ3v) is 3.90. The van der Waals surface area contributed by atoms with Crippen LogP contribution in [0.5, 0.6) is 0 Å². The van der Waals surface area contributed by atoms with Gasteiger partial charge in [-0.1, -0.05) is 13.0 Å². The van der Waals surface area contributed by atoms with Crippen LogP contribution in [-0.2, 0) is 12.8 Å². The monoisotopic (exact) mass is 286 g/mol. The second-order valence-electron chi connectivity index (χ2n) is 5.44. The Morgan fingerprint density at radius 3 is 2.81 bits per heavy atom. The predicted octanol–water partition coefficient (Wildman–Crippen LogP) is 2.59. The number of rotatable bonds is 4. The van der Waals surface area contributed by atoms with E-state index in [-0.39, 0.29) is 11.9 Å². The van der Waals surface area contributed by atoms with Gasteiger partial charge in [-0.2, -0.15) is 0 Å². The first-order chi connectivity index (χ1) is 10.2. The minimum atomic E-state index is -0.230. The molecule has 0 saturated carbocycles. The Kier molecular flexibility index (Phi) is 3.84. The minimum Gasteiger partial charge on any atom is -0.327 e. The number of anilines is 2. The molecule has 4 nitrogen and oxygen atoms in total. The van der Waals surface area contributed by atoms with E-state index < -0.39 is 0 Å². The Bertz CT molecular complexity index is 627. The van der Waals surface area contributed by atoms with E-state index in [0.29, 0.717) is 5.95 Å². The third kappa shape index (κ3) is 2.88. The van der Waals surface area contributed by atoms with Crippen molar-refractivity contribution in [1.29, 1.82) is 0 Å². The SMILES string of the molecule is CCC(N)Cc1cnc(N2CCc3ccc(F)cc32)nc1. The van der Waals surface area contributed by atoms with Gasteiger partial charge < -0.3 is 10.6 Å². The Balaban J connectivity index is 1.82. The summed E-state index contributed by atoms with van der Waals surface area (Å²) in [4.78, 5) is 10.8. The van der Waals surface area contributed by atoms with Crippen molar-refractivity contribution in [3.05, 3.63) is 47.5 Å². The van der Waals surface area contributed by atoms with Crippen molar-refractivity contribution in [3.63, 3.8) is 0 Å². The van der Waals surface area contributed by atoms with Crippen molar-refractivity contribution in [3.8, 4) is 0 Å². The molecule has 1 aliphatic heterocycles. The molecule has 0 saturated heterocycles. The number of halogens is 1. The summed E-state index contributed by atoms with van der Waals surface area (Å²) in [7, 11) is 0. The lowest BCUT2D eigenvalue weighted by Gasteiger charge is -2.17. The van der Waals surface area contributed by atoms with Gasteiger partial charge in [-0.05, 0) is 42.5 Å². The molecule has 110 valence electrons. The number of hydrogen-bond acceptors (Lipinski definition) is 4.